The Hall–Kier alpha value is -3.41. The van der Waals surface area contributed by atoms with Crippen molar-refractivity contribution in [3.05, 3.63) is 62.4 Å². The summed E-state index contributed by atoms with van der Waals surface area (Å²) < 4.78 is 30.2. The molecular formula is C30H37N4O8P. The first-order chi connectivity index (χ1) is 20.5. The molecule has 3 aromatic rings. The lowest BCUT2D eigenvalue weighted by atomic mass is 9.86. The molecule has 0 saturated carbocycles. The standard InChI is InChI=1S/C30H37N4O8P/c1-6-30(38)23-14-25-26-18(15-34(25)28(36)22(23)17-40-29(30)37)13-20-21(16-33(4)5)19(9-10-24(20)32-26)27(35)31-11-12-43(39,41-7-2)42-8-3/h9-10,13-14,38H,6-8,11-12,15-17H2,1-5H3,(H,31,35)/t30-/m0/s1. The molecule has 13 heteroatoms. The zero-order valence-electron chi connectivity index (χ0n) is 25.1. The number of cyclic esters (lactones) is 1. The molecule has 0 spiro atoms. The molecule has 0 bridgehead atoms. The molecule has 2 N–H and O–H groups in total. The highest BCUT2D eigenvalue weighted by atomic mass is 31.2. The van der Waals surface area contributed by atoms with Crippen LogP contribution in [0.5, 0.6) is 0 Å². The smallest absolute Gasteiger partial charge is 0.343 e. The third-order valence-electron chi connectivity index (χ3n) is 7.84. The van der Waals surface area contributed by atoms with E-state index in [9.17, 15) is 24.1 Å². The Morgan fingerprint density at radius 1 is 1.19 bits per heavy atom. The van der Waals surface area contributed by atoms with E-state index in [0.717, 1.165) is 16.5 Å². The molecule has 2 aliphatic heterocycles. The molecular weight excluding hydrogens is 575 g/mol. The van der Waals surface area contributed by atoms with Gasteiger partial charge in [-0.25, -0.2) is 9.78 Å². The van der Waals surface area contributed by atoms with Gasteiger partial charge in [-0.05, 0) is 64.2 Å². The Balaban J connectivity index is 1.53. The maximum Gasteiger partial charge on any atom is 0.343 e. The highest BCUT2D eigenvalue weighted by molar-refractivity contribution is 7.53. The minimum atomic E-state index is -3.31. The lowest BCUT2D eigenvalue weighted by Crippen LogP contribution is -2.44. The summed E-state index contributed by atoms with van der Waals surface area (Å²) in [6.07, 6.45) is 0.111. The Bertz CT molecular complexity index is 1710. The fourth-order valence-electron chi connectivity index (χ4n) is 5.77. The topological polar surface area (TPSA) is 149 Å². The van der Waals surface area contributed by atoms with E-state index < -0.39 is 19.2 Å². The number of aromatic nitrogens is 2. The highest BCUT2D eigenvalue weighted by Crippen LogP contribution is 2.47. The molecule has 0 aliphatic carbocycles. The van der Waals surface area contributed by atoms with Crippen LogP contribution in [0.4, 0.5) is 0 Å². The Kier molecular flexibility index (Phi) is 8.61. The SMILES string of the molecule is CCOP(=O)(CCNC(=O)c1ccc2nc3c(cc2c1CN(C)C)Cn1c-3cc2c(c1=O)COC(=O)[C@]2(O)CC)OCC. The number of carbonyl (C=O) groups excluding carboxylic acids is 2. The van der Waals surface area contributed by atoms with Gasteiger partial charge in [-0.1, -0.05) is 6.92 Å². The summed E-state index contributed by atoms with van der Waals surface area (Å²) >= 11 is 0. The second-order valence-corrected chi connectivity index (χ2v) is 13.1. The number of pyridine rings is 2. The van der Waals surface area contributed by atoms with E-state index >= 15 is 0 Å². The molecule has 230 valence electrons. The van der Waals surface area contributed by atoms with E-state index in [1.165, 1.54) is 0 Å². The summed E-state index contributed by atoms with van der Waals surface area (Å²) in [5.74, 6) is -1.09. The number of fused-ring (bicyclic) bond motifs is 5. The number of hydrogen-bond donors (Lipinski definition) is 2. The van der Waals surface area contributed by atoms with E-state index in [2.05, 4.69) is 5.32 Å². The molecule has 12 nitrogen and oxygen atoms in total. The van der Waals surface area contributed by atoms with Gasteiger partial charge in [-0.2, -0.15) is 0 Å². The van der Waals surface area contributed by atoms with Crippen LogP contribution in [-0.4, -0.2) is 71.4 Å². The van der Waals surface area contributed by atoms with Crippen molar-refractivity contribution < 1.29 is 33.0 Å². The van der Waals surface area contributed by atoms with Crippen molar-refractivity contribution in [2.75, 3.05) is 40.0 Å². The van der Waals surface area contributed by atoms with Crippen molar-refractivity contribution in [3.63, 3.8) is 0 Å². The van der Waals surface area contributed by atoms with E-state index in [4.69, 9.17) is 18.8 Å². The molecule has 0 fully saturated rings. The molecule has 0 saturated heterocycles. The molecule has 5 rings (SSSR count). The van der Waals surface area contributed by atoms with Gasteiger partial charge in [-0.15, -0.1) is 0 Å². The molecule has 4 heterocycles. The van der Waals surface area contributed by atoms with Crippen LogP contribution in [-0.2, 0) is 48.4 Å². The first-order valence-corrected chi connectivity index (χ1v) is 16.1. The van der Waals surface area contributed by atoms with Crippen molar-refractivity contribution >= 4 is 30.4 Å². The first-order valence-electron chi connectivity index (χ1n) is 14.4. The van der Waals surface area contributed by atoms with E-state index in [-0.39, 0.29) is 68.1 Å². The van der Waals surface area contributed by atoms with Gasteiger partial charge in [0.25, 0.3) is 11.5 Å². The number of esters is 1. The zero-order valence-corrected chi connectivity index (χ0v) is 26.0. The van der Waals surface area contributed by atoms with E-state index in [1.807, 2.05) is 25.1 Å². The number of nitrogens with one attached hydrogen (secondary N) is 1. The quantitative estimate of drug-likeness (QED) is 0.191. The third-order valence-corrected chi connectivity index (χ3v) is 9.92. The summed E-state index contributed by atoms with van der Waals surface area (Å²) in [7, 11) is 0.498. The van der Waals surface area contributed by atoms with E-state index in [1.54, 1.807) is 43.5 Å². The van der Waals surface area contributed by atoms with Crippen LogP contribution in [0.2, 0.25) is 0 Å². The van der Waals surface area contributed by atoms with Gasteiger partial charge >= 0.3 is 13.6 Å². The van der Waals surface area contributed by atoms with Crippen molar-refractivity contribution in [2.24, 2.45) is 0 Å². The average molecular weight is 613 g/mol. The van der Waals surface area contributed by atoms with Crippen LogP contribution in [0.1, 0.15) is 59.8 Å². The average Bonchev–Trinajstić information content (AvgIpc) is 3.32. The molecule has 43 heavy (non-hydrogen) atoms. The summed E-state index contributed by atoms with van der Waals surface area (Å²) in [6, 6.07) is 7.09. The maximum absolute atomic E-state index is 13.5. The maximum atomic E-state index is 13.5. The van der Waals surface area contributed by atoms with Gasteiger partial charge in [-0.3, -0.25) is 14.2 Å². The number of amides is 1. The number of nitrogens with zero attached hydrogens (tertiary/aromatic N) is 3. The monoisotopic (exact) mass is 612 g/mol. The number of rotatable bonds is 11. The second-order valence-electron chi connectivity index (χ2n) is 10.9. The minimum Gasteiger partial charge on any atom is -0.458 e. The van der Waals surface area contributed by atoms with Crippen molar-refractivity contribution in [2.45, 2.75) is 52.5 Å². The molecule has 2 aliphatic rings. The number of carbonyl (C=O) groups is 2. The van der Waals surface area contributed by atoms with Crippen molar-refractivity contribution in [3.8, 4) is 11.4 Å². The Morgan fingerprint density at radius 2 is 1.91 bits per heavy atom. The Morgan fingerprint density at radius 3 is 2.56 bits per heavy atom. The zero-order chi connectivity index (χ0) is 31.1. The highest BCUT2D eigenvalue weighted by Gasteiger charge is 2.45. The van der Waals surface area contributed by atoms with Gasteiger partial charge in [0.05, 0.1) is 48.4 Å². The molecule has 0 unspecified atom stereocenters. The van der Waals surface area contributed by atoms with E-state index in [0.29, 0.717) is 29.0 Å². The summed E-state index contributed by atoms with van der Waals surface area (Å²) in [6.45, 7) is 6.23. The van der Waals surface area contributed by atoms with Gasteiger partial charge in [0.15, 0.2) is 5.60 Å². The summed E-state index contributed by atoms with van der Waals surface area (Å²) in [4.78, 5) is 46.2. The van der Waals surface area contributed by atoms with Crippen molar-refractivity contribution in [1.82, 2.24) is 19.8 Å². The predicted octanol–water partition coefficient (Wildman–Crippen LogP) is 3.14. The normalized spacial score (nSPS) is 17.5. The third kappa shape index (κ3) is 5.54. The molecule has 1 aromatic carbocycles. The molecule has 1 amide bonds. The first kappa shape index (κ1) is 31.0. The lowest BCUT2D eigenvalue weighted by Gasteiger charge is -2.31. The summed E-state index contributed by atoms with van der Waals surface area (Å²) in [5.41, 5.74) is 2.02. The Labute approximate surface area is 249 Å². The van der Waals surface area contributed by atoms with Crippen molar-refractivity contribution in [1.29, 1.82) is 0 Å². The van der Waals surface area contributed by atoms with Crippen LogP contribution in [0.15, 0.2) is 29.1 Å². The van der Waals surface area contributed by atoms with Crippen LogP contribution in [0, 0.1) is 0 Å². The predicted molar refractivity (Wildman–Crippen MR) is 160 cm³/mol. The summed E-state index contributed by atoms with van der Waals surface area (Å²) in [5, 5.41) is 14.7. The van der Waals surface area contributed by atoms with Gasteiger partial charge in [0.2, 0.25) is 0 Å². The molecule has 1 atom stereocenters. The molecule has 2 aromatic heterocycles. The number of hydrogen-bond acceptors (Lipinski definition) is 10. The second kappa shape index (κ2) is 11.9. The number of aliphatic hydroxyl groups is 1. The van der Waals surface area contributed by atoms with Gasteiger partial charge < -0.3 is 33.7 Å². The van der Waals surface area contributed by atoms with Crippen LogP contribution in [0.3, 0.4) is 0 Å². The van der Waals surface area contributed by atoms with Crippen LogP contribution < -0.4 is 10.9 Å². The fraction of sp³-hybridized carbons (Fsp3) is 0.467. The fourth-order valence-corrected chi connectivity index (χ4v) is 7.28. The minimum absolute atomic E-state index is 0.0485. The molecule has 0 radical (unpaired) electrons. The number of benzene rings is 1. The largest absolute Gasteiger partial charge is 0.458 e. The number of ether oxygens (including phenoxy) is 1. The lowest BCUT2D eigenvalue weighted by molar-refractivity contribution is -0.172. The van der Waals surface area contributed by atoms with Gasteiger partial charge in [0, 0.05) is 35.2 Å². The van der Waals surface area contributed by atoms with Crippen LogP contribution in [0.25, 0.3) is 22.3 Å². The van der Waals surface area contributed by atoms with Gasteiger partial charge in [0.1, 0.15) is 6.61 Å². The van der Waals surface area contributed by atoms with Crippen LogP contribution >= 0.6 is 7.60 Å².